The number of ether oxygens (including phenoxy) is 2. The molecule has 0 aromatic heterocycles. The average molecular weight is 570 g/mol. The standard InChI is InChI=1S/C24H31FN4O3.HI/c1-26-24(28-15-17-6-4-7-20(25)12-17)27-10-5-8-23(30)29-11-9-18-13-21(31-2)22(32-3)14-19(18)16-29;/h4,6-7,12-14H,5,8-11,15-16H2,1-3H3,(H2,26,27,28);1H. The third-order valence-corrected chi connectivity index (χ3v) is 5.50. The minimum atomic E-state index is -0.260. The highest BCUT2D eigenvalue weighted by molar-refractivity contribution is 14.0. The van der Waals surface area contributed by atoms with Gasteiger partial charge in [-0.15, -0.1) is 24.0 Å². The van der Waals surface area contributed by atoms with Crippen molar-refractivity contribution in [2.75, 3.05) is 34.4 Å². The predicted molar refractivity (Wildman–Crippen MR) is 138 cm³/mol. The van der Waals surface area contributed by atoms with E-state index in [1.807, 2.05) is 23.1 Å². The van der Waals surface area contributed by atoms with Crippen molar-refractivity contribution in [3.8, 4) is 11.5 Å². The Hall–Kier alpha value is -2.56. The molecule has 1 heterocycles. The first kappa shape index (κ1) is 26.7. The smallest absolute Gasteiger partial charge is 0.222 e. The summed E-state index contributed by atoms with van der Waals surface area (Å²) in [6, 6.07) is 10.4. The zero-order chi connectivity index (χ0) is 22.9. The lowest BCUT2D eigenvalue weighted by Crippen LogP contribution is -2.38. The number of rotatable bonds is 8. The van der Waals surface area contributed by atoms with Crippen molar-refractivity contribution in [3.05, 3.63) is 58.9 Å². The van der Waals surface area contributed by atoms with Crippen molar-refractivity contribution in [2.45, 2.75) is 32.4 Å². The van der Waals surface area contributed by atoms with Crippen LogP contribution in [0.5, 0.6) is 11.5 Å². The van der Waals surface area contributed by atoms with E-state index in [4.69, 9.17) is 9.47 Å². The highest BCUT2D eigenvalue weighted by atomic mass is 127. The first-order chi connectivity index (χ1) is 15.5. The number of nitrogens with zero attached hydrogens (tertiary/aromatic N) is 2. The normalized spacial score (nSPS) is 13.0. The maximum atomic E-state index is 13.3. The molecule has 2 aromatic carbocycles. The number of amides is 1. The molecule has 0 bridgehead atoms. The molecular weight excluding hydrogens is 538 g/mol. The molecule has 0 aliphatic carbocycles. The largest absolute Gasteiger partial charge is 0.493 e. The summed E-state index contributed by atoms with van der Waals surface area (Å²) >= 11 is 0. The van der Waals surface area contributed by atoms with Crippen molar-refractivity contribution in [3.63, 3.8) is 0 Å². The Kier molecular flexibility index (Phi) is 10.7. The number of halogens is 2. The molecule has 2 N–H and O–H groups in total. The molecule has 1 aliphatic heterocycles. The number of carbonyl (C=O) groups is 1. The molecule has 180 valence electrons. The third-order valence-electron chi connectivity index (χ3n) is 5.50. The Bertz CT molecular complexity index is 971. The Morgan fingerprint density at radius 2 is 1.85 bits per heavy atom. The van der Waals surface area contributed by atoms with Crippen LogP contribution in [0.4, 0.5) is 4.39 Å². The van der Waals surface area contributed by atoms with Gasteiger partial charge in [0.15, 0.2) is 17.5 Å². The number of hydrogen-bond donors (Lipinski definition) is 2. The second kappa shape index (κ2) is 13.2. The number of aliphatic imine (C=N–C) groups is 1. The Balaban J connectivity index is 0.00000385. The van der Waals surface area contributed by atoms with E-state index in [9.17, 15) is 9.18 Å². The van der Waals surface area contributed by atoms with Crippen molar-refractivity contribution < 1.29 is 18.7 Å². The number of nitrogens with one attached hydrogen (secondary N) is 2. The fourth-order valence-corrected chi connectivity index (χ4v) is 3.75. The number of methoxy groups -OCH3 is 2. The summed E-state index contributed by atoms with van der Waals surface area (Å²) < 4.78 is 24.0. The van der Waals surface area contributed by atoms with Crippen LogP contribution in [0.2, 0.25) is 0 Å². The van der Waals surface area contributed by atoms with Crippen LogP contribution < -0.4 is 20.1 Å². The quantitative estimate of drug-likeness (QED) is 0.220. The van der Waals surface area contributed by atoms with Crippen molar-refractivity contribution in [1.29, 1.82) is 0 Å². The van der Waals surface area contributed by atoms with Gasteiger partial charge in [-0.05, 0) is 53.8 Å². The number of hydrogen-bond acceptors (Lipinski definition) is 4. The van der Waals surface area contributed by atoms with Crippen molar-refractivity contribution in [2.24, 2.45) is 4.99 Å². The minimum Gasteiger partial charge on any atom is -0.493 e. The molecule has 7 nitrogen and oxygen atoms in total. The molecule has 0 atom stereocenters. The van der Waals surface area contributed by atoms with Gasteiger partial charge in [-0.25, -0.2) is 4.39 Å². The summed E-state index contributed by atoms with van der Waals surface area (Å²) in [6.45, 7) is 2.37. The van der Waals surface area contributed by atoms with Gasteiger partial charge in [0, 0.05) is 39.6 Å². The van der Waals surface area contributed by atoms with E-state index < -0.39 is 0 Å². The first-order valence-electron chi connectivity index (χ1n) is 10.7. The maximum Gasteiger partial charge on any atom is 0.222 e. The number of carbonyl (C=O) groups excluding carboxylic acids is 1. The second-order valence-corrected chi connectivity index (χ2v) is 7.63. The van der Waals surface area contributed by atoms with Gasteiger partial charge >= 0.3 is 0 Å². The molecule has 1 aliphatic rings. The van der Waals surface area contributed by atoms with E-state index in [0.717, 1.165) is 23.3 Å². The van der Waals surface area contributed by atoms with E-state index in [1.165, 1.54) is 17.7 Å². The monoisotopic (exact) mass is 570 g/mol. The lowest BCUT2D eigenvalue weighted by molar-refractivity contribution is -0.132. The van der Waals surface area contributed by atoms with Crippen molar-refractivity contribution in [1.82, 2.24) is 15.5 Å². The topological polar surface area (TPSA) is 75.2 Å². The van der Waals surface area contributed by atoms with Gasteiger partial charge in [-0.3, -0.25) is 9.79 Å². The third kappa shape index (κ3) is 7.48. The maximum absolute atomic E-state index is 13.3. The molecule has 2 aromatic rings. The molecule has 0 radical (unpaired) electrons. The molecule has 0 unspecified atom stereocenters. The minimum absolute atomic E-state index is 0. The van der Waals surface area contributed by atoms with E-state index in [-0.39, 0.29) is 35.7 Å². The zero-order valence-electron chi connectivity index (χ0n) is 19.3. The first-order valence-corrected chi connectivity index (χ1v) is 10.7. The number of benzene rings is 2. The van der Waals surface area contributed by atoms with E-state index in [0.29, 0.717) is 50.7 Å². The number of fused-ring (bicyclic) bond motifs is 1. The molecule has 1 amide bonds. The van der Waals surface area contributed by atoms with Crippen LogP contribution in [0, 0.1) is 5.82 Å². The fraction of sp³-hybridized carbons (Fsp3) is 0.417. The van der Waals surface area contributed by atoms with Gasteiger partial charge in [-0.2, -0.15) is 0 Å². The SMILES string of the molecule is CN=C(NCCCC(=O)N1CCc2cc(OC)c(OC)cc2C1)NCc1cccc(F)c1.I. The molecule has 3 rings (SSSR count). The van der Waals surface area contributed by atoms with E-state index in [2.05, 4.69) is 15.6 Å². The van der Waals surface area contributed by atoms with Crippen molar-refractivity contribution >= 4 is 35.8 Å². The Labute approximate surface area is 211 Å². The predicted octanol–water partition coefficient (Wildman–Crippen LogP) is 3.49. The van der Waals surface area contributed by atoms with E-state index in [1.54, 1.807) is 27.3 Å². The van der Waals surface area contributed by atoms with Gasteiger partial charge < -0.3 is 25.0 Å². The van der Waals surface area contributed by atoms with Gasteiger partial charge in [0.25, 0.3) is 0 Å². The lowest BCUT2D eigenvalue weighted by Gasteiger charge is -2.29. The Morgan fingerprint density at radius 1 is 1.12 bits per heavy atom. The second-order valence-electron chi connectivity index (χ2n) is 7.63. The Morgan fingerprint density at radius 3 is 2.52 bits per heavy atom. The molecule has 0 saturated carbocycles. The van der Waals surface area contributed by atoms with Gasteiger partial charge in [0.05, 0.1) is 14.2 Å². The zero-order valence-corrected chi connectivity index (χ0v) is 21.6. The van der Waals surface area contributed by atoms with Gasteiger partial charge in [0.2, 0.25) is 5.91 Å². The molecule has 0 spiro atoms. The summed E-state index contributed by atoms with van der Waals surface area (Å²) in [4.78, 5) is 18.8. The summed E-state index contributed by atoms with van der Waals surface area (Å²) in [5, 5.41) is 6.35. The summed E-state index contributed by atoms with van der Waals surface area (Å²) in [5.74, 6) is 1.90. The van der Waals surface area contributed by atoms with Crippen LogP contribution in [0.15, 0.2) is 41.4 Å². The van der Waals surface area contributed by atoms with E-state index >= 15 is 0 Å². The molecule has 0 fully saturated rings. The summed E-state index contributed by atoms with van der Waals surface area (Å²) in [6.07, 6.45) is 1.95. The van der Waals surface area contributed by atoms with Crippen LogP contribution in [-0.2, 0) is 24.3 Å². The van der Waals surface area contributed by atoms with Crippen LogP contribution in [-0.4, -0.2) is 51.1 Å². The van der Waals surface area contributed by atoms with Crippen LogP contribution >= 0.6 is 24.0 Å². The lowest BCUT2D eigenvalue weighted by atomic mass is 9.98. The summed E-state index contributed by atoms with van der Waals surface area (Å²) in [5.41, 5.74) is 3.13. The average Bonchev–Trinajstić information content (AvgIpc) is 2.82. The highest BCUT2D eigenvalue weighted by Crippen LogP contribution is 2.33. The van der Waals surface area contributed by atoms with Crippen LogP contribution in [0.3, 0.4) is 0 Å². The van der Waals surface area contributed by atoms with Gasteiger partial charge in [-0.1, -0.05) is 12.1 Å². The van der Waals surface area contributed by atoms with Gasteiger partial charge in [0.1, 0.15) is 5.82 Å². The number of guanidine groups is 1. The highest BCUT2D eigenvalue weighted by Gasteiger charge is 2.22. The molecular formula is C24H32FIN4O3. The summed E-state index contributed by atoms with van der Waals surface area (Å²) in [7, 11) is 4.92. The molecule has 33 heavy (non-hydrogen) atoms. The molecule has 9 heteroatoms. The fourth-order valence-electron chi connectivity index (χ4n) is 3.75. The van der Waals surface area contributed by atoms with Crippen LogP contribution in [0.25, 0.3) is 0 Å². The molecule has 0 saturated heterocycles. The van der Waals surface area contributed by atoms with Crippen LogP contribution in [0.1, 0.15) is 29.5 Å².